The molecular weight excluding hydrogens is 364 g/mol. The van der Waals surface area contributed by atoms with E-state index in [1.54, 1.807) is 7.11 Å². The molecule has 0 saturated heterocycles. The standard InChI is InChI=1S/C29H32O/c1-4-5-22-6-8-23(9-7-22)24-10-12-25(13-11-24)26-14-16-27(17-15-26)29-19-18-28(30-3)20-21(29)2/h6-9,12,14-20,24H,4-5,10-11,13H2,1-3H3. The third kappa shape index (κ3) is 4.51. The molecule has 3 aromatic rings. The van der Waals surface area contributed by atoms with Gasteiger partial charge in [0.15, 0.2) is 0 Å². The van der Waals surface area contributed by atoms with Gasteiger partial charge in [-0.3, -0.25) is 0 Å². The van der Waals surface area contributed by atoms with Gasteiger partial charge in [0.2, 0.25) is 0 Å². The first-order valence-corrected chi connectivity index (χ1v) is 11.2. The summed E-state index contributed by atoms with van der Waals surface area (Å²) in [5.41, 5.74) is 9.59. The van der Waals surface area contributed by atoms with Crippen LogP contribution in [0.15, 0.2) is 72.8 Å². The maximum atomic E-state index is 5.33. The molecule has 0 N–H and O–H groups in total. The van der Waals surface area contributed by atoms with E-state index in [1.807, 2.05) is 6.07 Å². The molecule has 1 aliphatic rings. The number of hydrogen-bond acceptors (Lipinski definition) is 1. The van der Waals surface area contributed by atoms with E-state index < -0.39 is 0 Å². The van der Waals surface area contributed by atoms with E-state index in [-0.39, 0.29) is 0 Å². The van der Waals surface area contributed by atoms with Gasteiger partial charge < -0.3 is 4.74 Å². The van der Waals surface area contributed by atoms with Crippen LogP contribution in [0, 0.1) is 6.92 Å². The van der Waals surface area contributed by atoms with Crippen LogP contribution in [0.1, 0.15) is 60.8 Å². The summed E-state index contributed by atoms with van der Waals surface area (Å²) in [4.78, 5) is 0. The zero-order valence-electron chi connectivity index (χ0n) is 18.4. The zero-order chi connectivity index (χ0) is 20.9. The summed E-state index contributed by atoms with van der Waals surface area (Å²) in [7, 11) is 1.72. The molecular formula is C29H32O. The predicted molar refractivity (Wildman–Crippen MR) is 128 cm³/mol. The molecule has 0 aromatic heterocycles. The molecule has 0 saturated carbocycles. The first-order chi connectivity index (χ1) is 14.7. The molecule has 30 heavy (non-hydrogen) atoms. The van der Waals surface area contributed by atoms with Gasteiger partial charge in [0, 0.05) is 0 Å². The normalized spacial score (nSPS) is 16.2. The van der Waals surface area contributed by atoms with Gasteiger partial charge in [-0.25, -0.2) is 0 Å². The Bertz CT molecular complexity index is 1010. The van der Waals surface area contributed by atoms with Gasteiger partial charge in [0.25, 0.3) is 0 Å². The first-order valence-electron chi connectivity index (χ1n) is 11.2. The van der Waals surface area contributed by atoms with Gasteiger partial charge in [0.1, 0.15) is 5.75 Å². The Morgan fingerprint density at radius 2 is 1.63 bits per heavy atom. The Hall–Kier alpha value is -2.80. The van der Waals surface area contributed by atoms with Crippen molar-refractivity contribution in [3.63, 3.8) is 0 Å². The Morgan fingerprint density at radius 1 is 0.900 bits per heavy atom. The van der Waals surface area contributed by atoms with E-state index in [0.717, 1.165) is 18.6 Å². The van der Waals surface area contributed by atoms with Crippen LogP contribution in [-0.2, 0) is 6.42 Å². The van der Waals surface area contributed by atoms with Crippen LogP contribution in [0.25, 0.3) is 16.7 Å². The van der Waals surface area contributed by atoms with Gasteiger partial charge >= 0.3 is 0 Å². The molecule has 0 spiro atoms. The smallest absolute Gasteiger partial charge is 0.119 e. The maximum absolute atomic E-state index is 5.33. The van der Waals surface area contributed by atoms with Crippen molar-refractivity contribution in [2.75, 3.05) is 7.11 Å². The molecule has 0 aliphatic heterocycles. The average molecular weight is 397 g/mol. The number of hydrogen-bond donors (Lipinski definition) is 0. The second-order valence-corrected chi connectivity index (χ2v) is 8.45. The van der Waals surface area contributed by atoms with E-state index in [2.05, 4.69) is 80.6 Å². The number of rotatable bonds is 6. The molecule has 0 amide bonds. The van der Waals surface area contributed by atoms with Gasteiger partial charge in [-0.2, -0.15) is 0 Å². The van der Waals surface area contributed by atoms with E-state index in [4.69, 9.17) is 4.74 Å². The van der Waals surface area contributed by atoms with Gasteiger partial charge in [-0.1, -0.05) is 74.0 Å². The Labute approximate surface area is 181 Å². The third-order valence-corrected chi connectivity index (χ3v) is 6.40. The van der Waals surface area contributed by atoms with E-state index in [9.17, 15) is 0 Å². The largest absolute Gasteiger partial charge is 0.497 e. The first kappa shape index (κ1) is 20.5. The van der Waals surface area contributed by atoms with Crippen LogP contribution in [0.5, 0.6) is 5.75 Å². The van der Waals surface area contributed by atoms with Gasteiger partial charge in [-0.15, -0.1) is 0 Å². The fourth-order valence-electron chi connectivity index (χ4n) is 4.60. The summed E-state index contributed by atoms with van der Waals surface area (Å²) in [6.07, 6.45) is 8.39. The fourth-order valence-corrected chi connectivity index (χ4v) is 4.60. The Balaban J connectivity index is 1.45. The van der Waals surface area contributed by atoms with Crippen LogP contribution in [0.2, 0.25) is 0 Å². The fraction of sp³-hybridized carbons (Fsp3) is 0.310. The molecule has 1 aliphatic carbocycles. The van der Waals surface area contributed by atoms with Crippen molar-refractivity contribution in [3.05, 3.63) is 95.1 Å². The average Bonchev–Trinajstić information content (AvgIpc) is 2.80. The molecule has 4 rings (SSSR count). The van der Waals surface area contributed by atoms with E-state index in [0.29, 0.717) is 5.92 Å². The van der Waals surface area contributed by atoms with E-state index >= 15 is 0 Å². The van der Waals surface area contributed by atoms with Crippen LogP contribution in [-0.4, -0.2) is 7.11 Å². The number of allylic oxidation sites excluding steroid dienone is 2. The lowest BCUT2D eigenvalue weighted by molar-refractivity contribution is 0.414. The monoisotopic (exact) mass is 396 g/mol. The highest BCUT2D eigenvalue weighted by atomic mass is 16.5. The molecule has 1 atom stereocenters. The van der Waals surface area contributed by atoms with Crippen LogP contribution >= 0.6 is 0 Å². The summed E-state index contributed by atoms with van der Waals surface area (Å²) in [6, 6.07) is 24.7. The third-order valence-electron chi connectivity index (χ3n) is 6.40. The van der Waals surface area contributed by atoms with Crippen molar-refractivity contribution in [2.24, 2.45) is 0 Å². The molecule has 154 valence electrons. The quantitative estimate of drug-likeness (QED) is 0.410. The van der Waals surface area contributed by atoms with Gasteiger partial charge in [-0.05, 0) is 89.6 Å². The summed E-state index contributed by atoms with van der Waals surface area (Å²) >= 11 is 0. The van der Waals surface area contributed by atoms with Gasteiger partial charge in [0.05, 0.1) is 7.11 Å². The molecule has 0 bridgehead atoms. The highest BCUT2D eigenvalue weighted by Gasteiger charge is 2.17. The Kier molecular flexibility index (Phi) is 6.38. The summed E-state index contributed by atoms with van der Waals surface area (Å²) in [6.45, 7) is 4.39. The Morgan fingerprint density at radius 3 is 2.23 bits per heavy atom. The number of ether oxygens (including phenoxy) is 1. The zero-order valence-corrected chi connectivity index (χ0v) is 18.4. The summed E-state index contributed by atoms with van der Waals surface area (Å²) in [5.74, 6) is 1.57. The van der Waals surface area contributed by atoms with Crippen molar-refractivity contribution in [3.8, 4) is 16.9 Å². The van der Waals surface area contributed by atoms with Crippen LogP contribution in [0.3, 0.4) is 0 Å². The minimum absolute atomic E-state index is 0.658. The number of methoxy groups -OCH3 is 1. The second kappa shape index (κ2) is 9.34. The predicted octanol–water partition coefficient (Wildman–Crippen LogP) is 7.97. The molecule has 1 unspecified atom stereocenters. The SMILES string of the molecule is CCCc1ccc(C2CC=C(c3ccc(-c4ccc(OC)cc4C)cc3)CC2)cc1. The van der Waals surface area contributed by atoms with Crippen LogP contribution in [0.4, 0.5) is 0 Å². The van der Waals surface area contributed by atoms with Crippen LogP contribution < -0.4 is 4.74 Å². The van der Waals surface area contributed by atoms with Crippen molar-refractivity contribution in [1.82, 2.24) is 0 Å². The molecule has 1 nitrogen and oxygen atoms in total. The topological polar surface area (TPSA) is 9.23 Å². The lowest BCUT2D eigenvalue weighted by Gasteiger charge is -2.23. The van der Waals surface area contributed by atoms with Crippen molar-refractivity contribution < 1.29 is 4.74 Å². The van der Waals surface area contributed by atoms with E-state index in [1.165, 1.54) is 58.2 Å². The minimum Gasteiger partial charge on any atom is -0.497 e. The molecule has 0 fully saturated rings. The lowest BCUT2D eigenvalue weighted by Crippen LogP contribution is -2.04. The summed E-state index contributed by atoms with van der Waals surface area (Å²) < 4.78 is 5.33. The lowest BCUT2D eigenvalue weighted by atomic mass is 9.82. The molecule has 0 heterocycles. The number of aryl methyl sites for hydroxylation is 2. The second-order valence-electron chi connectivity index (χ2n) is 8.45. The van der Waals surface area contributed by atoms with Crippen molar-refractivity contribution in [2.45, 2.75) is 51.9 Å². The van der Waals surface area contributed by atoms with Crippen molar-refractivity contribution in [1.29, 1.82) is 0 Å². The highest BCUT2D eigenvalue weighted by Crippen LogP contribution is 2.37. The molecule has 0 radical (unpaired) electrons. The number of benzene rings is 3. The van der Waals surface area contributed by atoms with Crippen molar-refractivity contribution >= 4 is 5.57 Å². The minimum atomic E-state index is 0.658. The maximum Gasteiger partial charge on any atom is 0.119 e. The highest BCUT2D eigenvalue weighted by molar-refractivity contribution is 5.73. The molecule has 3 aromatic carbocycles. The molecule has 1 heteroatoms. The summed E-state index contributed by atoms with van der Waals surface area (Å²) in [5, 5.41) is 0.